The summed E-state index contributed by atoms with van der Waals surface area (Å²) < 4.78 is 0. The molecule has 8 rings (SSSR count). The van der Waals surface area contributed by atoms with E-state index >= 15 is 0 Å². The molecular weight excluding hydrogens is 581 g/mol. The minimum Gasteiger partial charge on any atom is -0.0679 e. The van der Waals surface area contributed by atoms with Crippen LogP contribution in [0.15, 0.2) is 157 Å². The van der Waals surface area contributed by atoms with Gasteiger partial charge in [0.05, 0.1) is 8.07 Å². The summed E-state index contributed by atoms with van der Waals surface area (Å²) in [6.07, 6.45) is 5.02. The molecule has 0 aromatic heterocycles. The Morgan fingerprint density at radius 2 is 0.702 bits per heavy atom. The molecule has 47 heavy (non-hydrogen) atoms. The van der Waals surface area contributed by atoms with E-state index in [2.05, 4.69) is 185 Å². The Kier molecular flexibility index (Phi) is 7.31. The first-order valence-electron chi connectivity index (χ1n) is 16.8. The molecule has 0 radical (unpaired) electrons. The molecule has 0 heterocycles. The Hall–Kier alpha value is -4.98. The van der Waals surface area contributed by atoms with E-state index in [1.54, 1.807) is 0 Å². The van der Waals surface area contributed by atoms with Crippen LogP contribution in [0.2, 0.25) is 13.1 Å². The largest absolute Gasteiger partial charge is 0.0722 e. The van der Waals surface area contributed by atoms with Crippen molar-refractivity contribution in [1.29, 1.82) is 0 Å². The van der Waals surface area contributed by atoms with Gasteiger partial charge in [0, 0.05) is 11.1 Å². The first-order chi connectivity index (χ1) is 22.9. The Labute approximate surface area is 280 Å². The molecule has 0 bridgehead atoms. The van der Waals surface area contributed by atoms with Gasteiger partial charge in [-0.25, -0.2) is 0 Å². The fourth-order valence-electron chi connectivity index (χ4n) is 8.71. The highest BCUT2D eigenvalue weighted by molar-refractivity contribution is 6.81. The molecule has 2 unspecified atom stereocenters. The minimum atomic E-state index is -2.10. The highest BCUT2D eigenvalue weighted by Gasteiger charge is 2.47. The molecule has 2 atom stereocenters. The van der Waals surface area contributed by atoms with Crippen LogP contribution in [0.4, 0.5) is 0 Å². The summed E-state index contributed by atoms with van der Waals surface area (Å²) in [5.74, 6) is 0. The van der Waals surface area contributed by atoms with E-state index in [1.165, 1.54) is 77.9 Å². The second kappa shape index (κ2) is 11.7. The molecule has 0 aliphatic heterocycles. The molecule has 2 aliphatic rings. The van der Waals surface area contributed by atoms with Crippen LogP contribution in [0, 0.1) is 0 Å². The van der Waals surface area contributed by atoms with Crippen molar-refractivity contribution in [3.63, 3.8) is 0 Å². The van der Waals surface area contributed by atoms with E-state index in [9.17, 15) is 0 Å². The molecule has 0 saturated carbocycles. The summed E-state index contributed by atoms with van der Waals surface area (Å²) in [6, 6.07) is 53.7. The molecule has 1 heteroatoms. The lowest BCUT2D eigenvalue weighted by molar-refractivity contribution is 0.969. The van der Waals surface area contributed by atoms with Crippen LogP contribution >= 0.6 is 0 Å². The van der Waals surface area contributed by atoms with Crippen LogP contribution in [0.3, 0.4) is 0 Å². The third-order valence-electron chi connectivity index (χ3n) is 10.6. The van der Waals surface area contributed by atoms with Crippen molar-refractivity contribution < 1.29 is 0 Å². The van der Waals surface area contributed by atoms with Gasteiger partial charge in [-0.05, 0) is 92.7 Å². The normalized spacial score (nSPS) is 16.8. The third kappa shape index (κ3) is 5.07. The van der Waals surface area contributed by atoms with Crippen molar-refractivity contribution in [2.75, 3.05) is 0 Å². The van der Waals surface area contributed by atoms with Crippen molar-refractivity contribution in [3.8, 4) is 44.5 Å². The quantitative estimate of drug-likeness (QED) is 0.163. The summed E-state index contributed by atoms with van der Waals surface area (Å²) in [7, 11) is -2.10. The van der Waals surface area contributed by atoms with Gasteiger partial charge in [-0.15, -0.1) is 0 Å². The maximum absolute atomic E-state index is 2.65. The van der Waals surface area contributed by atoms with Gasteiger partial charge in [0.1, 0.15) is 0 Å². The van der Waals surface area contributed by atoms with Gasteiger partial charge in [-0.3, -0.25) is 0 Å². The van der Waals surface area contributed by atoms with Crippen LogP contribution < -0.4 is 0 Å². The molecule has 0 nitrogen and oxygen atoms in total. The second-order valence-electron chi connectivity index (χ2n) is 14.0. The Morgan fingerprint density at radius 3 is 1.04 bits per heavy atom. The molecule has 0 spiro atoms. The fraction of sp³-hybridized carbons (Fsp3) is 0.130. The number of allylic oxidation sites excluding steroid dienone is 2. The zero-order valence-electron chi connectivity index (χ0n) is 27.7. The highest BCUT2D eigenvalue weighted by Crippen LogP contribution is 2.55. The molecule has 6 aromatic rings. The maximum atomic E-state index is 2.65. The van der Waals surface area contributed by atoms with Crippen molar-refractivity contribution in [1.82, 2.24) is 0 Å². The summed E-state index contributed by atoms with van der Waals surface area (Å²) in [4.78, 5) is 0. The minimum absolute atomic E-state index is 0.406. The summed E-state index contributed by atoms with van der Waals surface area (Å²) in [5.41, 5.74) is 20.0. The van der Waals surface area contributed by atoms with E-state index in [0.29, 0.717) is 11.1 Å². The van der Waals surface area contributed by atoms with E-state index in [4.69, 9.17) is 0 Å². The number of benzene rings is 6. The average Bonchev–Trinajstić information content (AvgIpc) is 3.65. The number of fused-ring (bicyclic) bond motifs is 2. The van der Waals surface area contributed by atoms with E-state index in [1.807, 2.05) is 0 Å². The Morgan fingerprint density at radius 1 is 0.383 bits per heavy atom. The van der Waals surface area contributed by atoms with Crippen LogP contribution in [0.25, 0.3) is 56.7 Å². The first kappa shape index (κ1) is 29.4. The smallest absolute Gasteiger partial charge is 0.0679 e. The van der Waals surface area contributed by atoms with Crippen molar-refractivity contribution in [2.45, 2.75) is 38.0 Å². The van der Waals surface area contributed by atoms with Gasteiger partial charge in [0.2, 0.25) is 0 Å². The van der Waals surface area contributed by atoms with Gasteiger partial charge < -0.3 is 0 Å². The molecule has 0 fully saturated rings. The van der Waals surface area contributed by atoms with Gasteiger partial charge in [0.15, 0.2) is 0 Å². The third-order valence-corrected chi connectivity index (χ3v) is 15.1. The van der Waals surface area contributed by atoms with Crippen LogP contribution in [0.5, 0.6) is 0 Å². The molecule has 6 aromatic carbocycles. The topological polar surface area (TPSA) is 0 Å². The lowest BCUT2D eigenvalue weighted by Crippen LogP contribution is -2.42. The van der Waals surface area contributed by atoms with E-state index in [0.717, 1.165) is 0 Å². The van der Waals surface area contributed by atoms with E-state index in [-0.39, 0.29) is 0 Å². The van der Waals surface area contributed by atoms with Crippen molar-refractivity contribution in [3.05, 3.63) is 179 Å². The first-order valence-corrected chi connectivity index (χ1v) is 20.0. The lowest BCUT2D eigenvalue weighted by Gasteiger charge is -2.39. The molecular formula is C46H40Si. The number of hydrogen-bond donors (Lipinski definition) is 0. The summed E-state index contributed by atoms with van der Waals surface area (Å²) in [5, 5.41) is 0. The molecule has 0 N–H and O–H groups in total. The molecule has 0 saturated heterocycles. The number of hydrogen-bond acceptors (Lipinski definition) is 0. The summed E-state index contributed by atoms with van der Waals surface area (Å²) in [6.45, 7) is 10.1. The monoisotopic (exact) mass is 620 g/mol. The van der Waals surface area contributed by atoms with Gasteiger partial charge >= 0.3 is 0 Å². The van der Waals surface area contributed by atoms with Gasteiger partial charge in [-0.2, -0.15) is 0 Å². The lowest BCUT2D eigenvalue weighted by atomic mass is 9.91. The zero-order valence-corrected chi connectivity index (χ0v) is 28.7. The zero-order chi connectivity index (χ0) is 32.1. The SMILES string of the molecule is CC1=Cc2c(-c3ccccc3)cc(-c3ccccc3)cc2C1[Si](C)(C)C1C(C)=Cc2c(-c3ccccc3)cc(-c3ccccc3)cc21. The molecule has 2 aliphatic carbocycles. The second-order valence-corrected chi connectivity index (χ2v) is 18.8. The van der Waals surface area contributed by atoms with Crippen LogP contribution in [-0.2, 0) is 0 Å². The molecule has 0 amide bonds. The Balaban J connectivity index is 1.32. The highest BCUT2D eigenvalue weighted by atomic mass is 28.3. The summed E-state index contributed by atoms with van der Waals surface area (Å²) >= 11 is 0. The van der Waals surface area contributed by atoms with E-state index < -0.39 is 8.07 Å². The van der Waals surface area contributed by atoms with Crippen LogP contribution in [-0.4, -0.2) is 8.07 Å². The average molecular weight is 621 g/mol. The molecule has 228 valence electrons. The predicted molar refractivity (Wildman–Crippen MR) is 205 cm³/mol. The maximum Gasteiger partial charge on any atom is 0.0722 e. The van der Waals surface area contributed by atoms with Crippen molar-refractivity contribution >= 4 is 20.2 Å². The van der Waals surface area contributed by atoms with Gasteiger partial charge in [0.25, 0.3) is 0 Å². The number of rotatable bonds is 6. The van der Waals surface area contributed by atoms with Crippen LogP contribution in [0.1, 0.15) is 47.2 Å². The van der Waals surface area contributed by atoms with Crippen molar-refractivity contribution in [2.24, 2.45) is 0 Å². The predicted octanol–water partition coefficient (Wildman–Crippen LogP) is 12.8. The fourth-order valence-corrected chi connectivity index (χ4v) is 13.6. The van der Waals surface area contributed by atoms with Gasteiger partial charge in [-0.1, -0.05) is 170 Å². The Bertz CT molecular complexity index is 2000. The standard InChI is InChI=1S/C46H40Si/c1-31-25-41-39(35-21-13-7-14-22-35)27-37(33-17-9-5-10-18-33)29-43(41)45(31)47(3,4)46-32(2)26-42-40(36-23-15-8-16-24-36)28-38(30-44(42)46)34-19-11-6-12-20-34/h5-30,45-46H,1-4H3.